The van der Waals surface area contributed by atoms with Crippen molar-refractivity contribution in [3.05, 3.63) is 11.3 Å². The number of carbonyl (C=O) groups is 2. The van der Waals surface area contributed by atoms with Gasteiger partial charge in [0.25, 0.3) is 0 Å². The summed E-state index contributed by atoms with van der Waals surface area (Å²) >= 11 is 0. The van der Waals surface area contributed by atoms with E-state index in [0.717, 1.165) is 69.2 Å². The minimum Gasteiger partial charge on any atom is -0.388 e. The molecule has 0 saturated heterocycles. The number of hydrogen-bond acceptors (Lipinski definition) is 7. The lowest BCUT2D eigenvalue weighted by molar-refractivity contribution is -0.265. The van der Waals surface area contributed by atoms with Crippen molar-refractivity contribution in [3.8, 4) is 0 Å². The molecule has 0 aliphatic carbocycles. The number of aliphatic hydroxyl groups is 2. The van der Waals surface area contributed by atoms with Crippen molar-refractivity contribution in [1.82, 2.24) is 10.6 Å². The van der Waals surface area contributed by atoms with E-state index in [4.69, 9.17) is 9.47 Å². The molecular weight excluding hydrogens is 412 g/mol. The Morgan fingerprint density at radius 2 is 1.69 bits per heavy atom. The summed E-state index contributed by atoms with van der Waals surface area (Å²) < 4.78 is 10.8. The zero-order valence-corrected chi connectivity index (χ0v) is 20.2. The Balaban J connectivity index is 2.68. The SMILES string of the molecule is CCC(=O)/C1=C(\CCCCOC(OC(C)C)C(O)O)NCCCCCC(=O)NCCCC1. The van der Waals surface area contributed by atoms with E-state index in [0.29, 0.717) is 32.4 Å². The van der Waals surface area contributed by atoms with Gasteiger partial charge in [0.1, 0.15) is 0 Å². The normalized spacial score (nSPS) is 20.5. The van der Waals surface area contributed by atoms with E-state index in [1.807, 2.05) is 20.8 Å². The summed E-state index contributed by atoms with van der Waals surface area (Å²) in [6.45, 7) is 7.30. The molecule has 8 nitrogen and oxygen atoms in total. The van der Waals surface area contributed by atoms with Gasteiger partial charge in [0.2, 0.25) is 18.5 Å². The highest BCUT2D eigenvalue weighted by atomic mass is 16.7. The zero-order valence-electron chi connectivity index (χ0n) is 20.2. The second kappa shape index (κ2) is 17.1. The number of Topliss-reactive ketones (excluding diaryl/α,β-unsaturated/α-hetero) is 1. The number of allylic oxidation sites excluding steroid dienone is 2. The Morgan fingerprint density at radius 3 is 2.38 bits per heavy atom. The number of amides is 1. The van der Waals surface area contributed by atoms with Crippen molar-refractivity contribution in [3.63, 3.8) is 0 Å². The lowest BCUT2D eigenvalue weighted by atomic mass is 9.97. The van der Waals surface area contributed by atoms with Gasteiger partial charge in [-0.15, -0.1) is 0 Å². The van der Waals surface area contributed by atoms with E-state index in [9.17, 15) is 19.8 Å². The van der Waals surface area contributed by atoms with Gasteiger partial charge in [-0.05, 0) is 65.2 Å². The second-order valence-electron chi connectivity index (χ2n) is 8.57. The molecular formula is C24H44N2O6. The number of nitrogens with one attached hydrogen (secondary N) is 2. The van der Waals surface area contributed by atoms with Gasteiger partial charge in [-0.25, -0.2) is 0 Å². The van der Waals surface area contributed by atoms with Crippen molar-refractivity contribution in [2.45, 2.75) is 110 Å². The molecule has 1 aliphatic heterocycles. The fraction of sp³-hybridized carbons (Fsp3) is 0.833. The smallest absolute Gasteiger partial charge is 0.219 e. The van der Waals surface area contributed by atoms with E-state index in [1.54, 1.807) is 0 Å². The number of unbranched alkanes of at least 4 members (excludes halogenated alkanes) is 1. The third kappa shape index (κ3) is 12.5. The van der Waals surface area contributed by atoms with Crippen LogP contribution in [-0.4, -0.2) is 60.3 Å². The molecule has 0 fully saturated rings. The monoisotopic (exact) mass is 456 g/mol. The fourth-order valence-corrected chi connectivity index (χ4v) is 3.65. The summed E-state index contributed by atoms with van der Waals surface area (Å²) in [5.74, 6) is 0.293. The Morgan fingerprint density at radius 1 is 1.00 bits per heavy atom. The number of rotatable bonds is 11. The average Bonchev–Trinajstić information content (AvgIpc) is 2.75. The molecule has 0 aromatic heterocycles. The van der Waals surface area contributed by atoms with Gasteiger partial charge in [-0.3, -0.25) is 9.59 Å². The Bertz CT molecular complexity index is 577. The Labute approximate surface area is 193 Å². The topological polar surface area (TPSA) is 117 Å². The number of aliphatic hydroxyl groups excluding tert-OH is 1. The van der Waals surface area contributed by atoms with Crippen LogP contribution in [0.15, 0.2) is 11.3 Å². The molecule has 0 saturated carbocycles. The maximum absolute atomic E-state index is 12.7. The van der Waals surface area contributed by atoms with E-state index in [1.165, 1.54) is 0 Å². The maximum atomic E-state index is 12.7. The van der Waals surface area contributed by atoms with E-state index >= 15 is 0 Å². The summed E-state index contributed by atoms with van der Waals surface area (Å²) in [4.78, 5) is 24.5. The number of carbonyl (C=O) groups excluding carboxylic acids is 2. The first-order chi connectivity index (χ1) is 15.3. The molecule has 1 heterocycles. The highest BCUT2D eigenvalue weighted by molar-refractivity contribution is 5.95. The molecule has 1 rings (SSSR count). The van der Waals surface area contributed by atoms with Crippen LogP contribution >= 0.6 is 0 Å². The van der Waals surface area contributed by atoms with Gasteiger partial charge in [0.05, 0.1) is 6.10 Å². The van der Waals surface area contributed by atoms with Gasteiger partial charge in [-0.2, -0.15) is 0 Å². The number of ketones is 1. The maximum Gasteiger partial charge on any atom is 0.219 e. The fourth-order valence-electron chi connectivity index (χ4n) is 3.65. The molecule has 0 aromatic rings. The van der Waals surface area contributed by atoms with E-state index in [-0.39, 0.29) is 17.8 Å². The Kier molecular flexibility index (Phi) is 15.2. The lowest BCUT2D eigenvalue weighted by Gasteiger charge is -2.22. The van der Waals surface area contributed by atoms with Crippen LogP contribution in [0, 0.1) is 0 Å². The van der Waals surface area contributed by atoms with Gasteiger partial charge in [0.15, 0.2) is 5.78 Å². The van der Waals surface area contributed by atoms with Gasteiger partial charge >= 0.3 is 0 Å². The highest BCUT2D eigenvalue weighted by Crippen LogP contribution is 2.19. The van der Waals surface area contributed by atoms with Crippen LogP contribution in [0.2, 0.25) is 0 Å². The van der Waals surface area contributed by atoms with Crippen molar-refractivity contribution in [2.24, 2.45) is 0 Å². The molecule has 0 bridgehead atoms. The van der Waals surface area contributed by atoms with Crippen molar-refractivity contribution < 1.29 is 29.3 Å². The molecule has 32 heavy (non-hydrogen) atoms. The van der Waals surface area contributed by atoms with Crippen LogP contribution in [0.25, 0.3) is 0 Å². The lowest BCUT2D eigenvalue weighted by Crippen LogP contribution is -2.34. The molecule has 186 valence electrons. The quantitative estimate of drug-likeness (QED) is 0.279. The van der Waals surface area contributed by atoms with Crippen LogP contribution in [0.5, 0.6) is 0 Å². The molecule has 0 aromatic carbocycles. The largest absolute Gasteiger partial charge is 0.388 e. The standard InChI is InChI=1S/C24H44N2O6/c1-4-21(27)19-12-7-10-16-26-22(28)14-6-5-9-15-25-20(19)13-8-11-17-31-24(23(29)30)32-18(2)3/h18,23-25,29-30H,4-17H2,1-3H3,(H,26,28)/b20-19+. The molecule has 1 aliphatic rings. The molecule has 1 atom stereocenters. The van der Waals surface area contributed by atoms with Crippen LogP contribution < -0.4 is 10.6 Å². The van der Waals surface area contributed by atoms with Gasteiger partial charge in [-0.1, -0.05) is 13.3 Å². The predicted molar refractivity (Wildman–Crippen MR) is 124 cm³/mol. The van der Waals surface area contributed by atoms with Crippen LogP contribution in [0.3, 0.4) is 0 Å². The van der Waals surface area contributed by atoms with Crippen LogP contribution in [0.1, 0.15) is 91.4 Å². The van der Waals surface area contributed by atoms with Crippen LogP contribution in [-0.2, 0) is 19.1 Å². The third-order valence-corrected chi connectivity index (χ3v) is 5.37. The summed E-state index contributed by atoms with van der Waals surface area (Å²) in [5, 5.41) is 25.2. The van der Waals surface area contributed by atoms with Crippen molar-refractivity contribution in [2.75, 3.05) is 19.7 Å². The molecule has 1 unspecified atom stereocenters. The summed E-state index contributed by atoms with van der Waals surface area (Å²) in [7, 11) is 0. The first-order valence-corrected chi connectivity index (χ1v) is 12.2. The molecule has 4 N–H and O–H groups in total. The highest BCUT2D eigenvalue weighted by Gasteiger charge is 2.19. The van der Waals surface area contributed by atoms with Crippen LogP contribution in [0.4, 0.5) is 0 Å². The third-order valence-electron chi connectivity index (χ3n) is 5.37. The minimum absolute atomic E-state index is 0.119. The average molecular weight is 457 g/mol. The molecule has 1 amide bonds. The molecule has 0 spiro atoms. The first-order valence-electron chi connectivity index (χ1n) is 12.2. The summed E-state index contributed by atoms with van der Waals surface area (Å²) in [6, 6.07) is 0. The Hall–Kier alpha value is -1.48. The predicted octanol–water partition coefficient (Wildman–Crippen LogP) is 2.92. The zero-order chi connectivity index (χ0) is 23.8. The van der Waals surface area contributed by atoms with Gasteiger partial charge in [0, 0.05) is 43.8 Å². The molecule has 8 heteroatoms. The van der Waals surface area contributed by atoms with Crippen molar-refractivity contribution >= 4 is 11.7 Å². The number of hydrogen-bond donors (Lipinski definition) is 4. The summed E-state index contributed by atoms with van der Waals surface area (Å²) in [6.07, 6.45) is 5.65. The first kappa shape index (κ1) is 28.6. The second-order valence-corrected chi connectivity index (χ2v) is 8.57. The van der Waals surface area contributed by atoms with E-state index in [2.05, 4.69) is 10.6 Å². The van der Waals surface area contributed by atoms with Crippen molar-refractivity contribution in [1.29, 1.82) is 0 Å². The molecule has 0 radical (unpaired) electrons. The van der Waals surface area contributed by atoms with E-state index < -0.39 is 12.6 Å². The number of ether oxygens (including phenoxy) is 2. The summed E-state index contributed by atoms with van der Waals surface area (Å²) in [5.41, 5.74) is 1.90. The minimum atomic E-state index is -1.68. The van der Waals surface area contributed by atoms with Gasteiger partial charge < -0.3 is 30.3 Å².